The second kappa shape index (κ2) is 8.35. The largest absolute Gasteiger partial charge is 0.368 e. The normalized spacial score (nSPS) is 18.7. The quantitative estimate of drug-likeness (QED) is 0.345. The lowest BCUT2D eigenvalue weighted by Gasteiger charge is -2.36. The number of hydrogen-bond donors (Lipinski definition) is 1. The number of anilines is 1. The molecule has 7 heteroatoms. The first-order valence-corrected chi connectivity index (χ1v) is 10.0. The van der Waals surface area contributed by atoms with Crippen molar-refractivity contribution in [3.8, 4) is 0 Å². The molecule has 1 aliphatic heterocycles. The summed E-state index contributed by atoms with van der Waals surface area (Å²) in [4.78, 5) is 25.0. The second-order valence-corrected chi connectivity index (χ2v) is 8.31. The third kappa shape index (κ3) is 4.83. The molecule has 1 N–H and O–H groups in total. The number of carbonyl (C=O) groups excluding carboxylic acids is 1. The molecule has 0 radical (unpaired) electrons. The van der Waals surface area contributed by atoms with Crippen LogP contribution in [-0.2, 0) is 4.79 Å². The monoisotopic (exact) mass is 399 g/mol. The SMILES string of the molecule is C=N/C(NC1(C)CC1)=C(\C)C(C(=O)N1CCN(c2ccnc(F)c2)CC1)=C(C)C. The predicted molar refractivity (Wildman–Crippen MR) is 114 cm³/mol. The summed E-state index contributed by atoms with van der Waals surface area (Å²) in [6, 6.07) is 3.22. The van der Waals surface area contributed by atoms with Crippen LogP contribution < -0.4 is 10.2 Å². The number of piperazine rings is 1. The van der Waals surface area contributed by atoms with Gasteiger partial charge in [-0.15, -0.1) is 0 Å². The van der Waals surface area contributed by atoms with Gasteiger partial charge in [-0.1, -0.05) is 5.57 Å². The molecule has 0 bridgehead atoms. The lowest BCUT2D eigenvalue weighted by molar-refractivity contribution is -0.127. The van der Waals surface area contributed by atoms with Crippen molar-refractivity contribution in [3.05, 3.63) is 46.8 Å². The Kier molecular flexibility index (Phi) is 6.05. The summed E-state index contributed by atoms with van der Waals surface area (Å²) in [6.07, 6.45) is 3.65. The number of allylic oxidation sites excluding steroid dienone is 1. The van der Waals surface area contributed by atoms with E-state index in [9.17, 15) is 9.18 Å². The van der Waals surface area contributed by atoms with Crippen LogP contribution in [0.5, 0.6) is 0 Å². The first kappa shape index (κ1) is 21.0. The average Bonchev–Trinajstić information content (AvgIpc) is 3.43. The van der Waals surface area contributed by atoms with Crippen LogP contribution >= 0.6 is 0 Å². The van der Waals surface area contributed by atoms with E-state index in [1.54, 1.807) is 6.07 Å². The Hall–Kier alpha value is -2.70. The Balaban J connectivity index is 1.74. The molecule has 0 atom stereocenters. The molecule has 1 amide bonds. The number of nitrogens with one attached hydrogen (secondary N) is 1. The van der Waals surface area contributed by atoms with Crippen LogP contribution in [-0.4, -0.2) is 54.2 Å². The summed E-state index contributed by atoms with van der Waals surface area (Å²) in [7, 11) is 0. The molecule has 6 nitrogen and oxygen atoms in total. The van der Waals surface area contributed by atoms with Crippen molar-refractivity contribution in [2.75, 3.05) is 31.1 Å². The number of aliphatic imine (C=N–C) groups is 1. The zero-order valence-electron chi connectivity index (χ0n) is 17.8. The van der Waals surface area contributed by atoms with Gasteiger partial charge in [-0.2, -0.15) is 4.39 Å². The minimum atomic E-state index is -0.491. The number of hydrogen-bond acceptors (Lipinski definition) is 5. The van der Waals surface area contributed by atoms with E-state index in [2.05, 4.69) is 33.8 Å². The van der Waals surface area contributed by atoms with E-state index >= 15 is 0 Å². The number of carbonyl (C=O) groups is 1. The van der Waals surface area contributed by atoms with E-state index in [-0.39, 0.29) is 11.4 Å². The summed E-state index contributed by atoms with van der Waals surface area (Å²) in [5.41, 5.74) is 3.32. The van der Waals surface area contributed by atoms with E-state index in [4.69, 9.17) is 0 Å². The minimum Gasteiger partial charge on any atom is -0.368 e. The van der Waals surface area contributed by atoms with Gasteiger partial charge < -0.3 is 15.1 Å². The van der Waals surface area contributed by atoms with Gasteiger partial charge in [0.2, 0.25) is 5.95 Å². The van der Waals surface area contributed by atoms with Crippen LogP contribution in [0.2, 0.25) is 0 Å². The number of aromatic nitrogens is 1. The highest BCUT2D eigenvalue weighted by atomic mass is 19.1. The molecule has 1 aromatic rings. The minimum absolute atomic E-state index is 0.00644. The molecule has 29 heavy (non-hydrogen) atoms. The molecule has 2 aliphatic rings. The molecular weight excluding hydrogens is 369 g/mol. The topological polar surface area (TPSA) is 60.8 Å². The van der Waals surface area contributed by atoms with Crippen molar-refractivity contribution in [1.29, 1.82) is 0 Å². The molecule has 2 fully saturated rings. The molecule has 1 aliphatic carbocycles. The number of halogens is 1. The third-order valence-electron chi connectivity index (χ3n) is 5.66. The van der Waals surface area contributed by atoms with Gasteiger partial charge in [0.15, 0.2) is 0 Å². The molecule has 2 heterocycles. The maximum atomic E-state index is 13.4. The first-order valence-electron chi connectivity index (χ1n) is 10.0. The Bertz CT molecular complexity index is 860. The number of nitrogens with zero attached hydrogens (tertiary/aromatic N) is 4. The van der Waals surface area contributed by atoms with Crippen LogP contribution in [0.15, 0.2) is 45.9 Å². The maximum absolute atomic E-state index is 13.4. The van der Waals surface area contributed by atoms with Gasteiger partial charge in [0.1, 0.15) is 5.82 Å². The summed E-state index contributed by atoms with van der Waals surface area (Å²) < 4.78 is 13.4. The van der Waals surface area contributed by atoms with Gasteiger partial charge in [0.05, 0.1) is 0 Å². The molecule has 0 aromatic carbocycles. The fraction of sp³-hybridized carbons (Fsp3) is 0.500. The van der Waals surface area contributed by atoms with E-state index < -0.39 is 5.95 Å². The van der Waals surface area contributed by atoms with Gasteiger partial charge >= 0.3 is 0 Å². The van der Waals surface area contributed by atoms with E-state index in [1.165, 1.54) is 12.3 Å². The van der Waals surface area contributed by atoms with E-state index in [0.717, 1.165) is 29.7 Å². The number of amides is 1. The molecular formula is C22H30FN5O. The first-order chi connectivity index (χ1) is 13.7. The highest BCUT2D eigenvalue weighted by Gasteiger charge is 2.38. The van der Waals surface area contributed by atoms with Crippen molar-refractivity contribution < 1.29 is 9.18 Å². The Labute approximate surface area is 172 Å². The van der Waals surface area contributed by atoms with Crippen LogP contribution in [0.1, 0.15) is 40.5 Å². The number of pyridine rings is 1. The van der Waals surface area contributed by atoms with Crippen molar-refractivity contribution >= 4 is 18.3 Å². The highest BCUT2D eigenvalue weighted by molar-refractivity contribution is 5.98. The third-order valence-corrected chi connectivity index (χ3v) is 5.66. The van der Waals surface area contributed by atoms with Gasteiger partial charge in [-0.25, -0.2) is 9.98 Å². The average molecular weight is 400 g/mol. The Morgan fingerprint density at radius 2 is 1.90 bits per heavy atom. The smallest absolute Gasteiger partial charge is 0.254 e. The Morgan fingerprint density at radius 3 is 2.41 bits per heavy atom. The molecule has 0 spiro atoms. The predicted octanol–water partition coefficient (Wildman–Crippen LogP) is 3.28. The van der Waals surface area contributed by atoms with Gasteiger partial charge in [-0.3, -0.25) is 4.79 Å². The molecule has 0 unspecified atom stereocenters. The Morgan fingerprint density at radius 1 is 1.24 bits per heavy atom. The van der Waals surface area contributed by atoms with E-state index in [1.807, 2.05) is 25.7 Å². The van der Waals surface area contributed by atoms with Gasteiger partial charge in [0, 0.05) is 60.8 Å². The maximum Gasteiger partial charge on any atom is 0.254 e. The molecule has 3 rings (SSSR count). The lowest BCUT2D eigenvalue weighted by Crippen LogP contribution is -2.49. The lowest BCUT2D eigenvalue weighted by atomic mass is 10.00. The fourth-order valence-electron chi connectivity index (χ4n) is 3.63. The van der Waals surface area contributed by atoms with Crippen LogP contribution in [0.3, 0.4) is 0 Å². The molecule has 1 aromatic heterocycles. The molecule has 156 valence electrons. The van der Waals surface area contributed by atoms with Crippen molar-refractivity contribution in [3.63, 3.8) is 0 Å². The summed E-state index contributed by atoms with van der Waals surface area (Å²) >= 11 is 0. The zero-order chi connectivity index (χ0) is 21.2. The van der Waals surface area contributed by atoms with Crippen molar-refractivity contribution in [2.24, 2.45) is 4.99 Å². The van der Waals surface area contributed by atoms with Gasteiger partial charge in [0.25, 0.3) is 5.91 Å². The standard InChI is InChI=1S/C22H30FN5O/c1-15(2)19(16(3)20(24-5)26-22(4)7-8-22)21(29)28-12-10-27(11-13-28)17-6-9-25-18(23)14-17/h6,9,14,26H,5,7-8,10-13H2,1-4H3/b20-16-. The second-order valence-electron chi connectivity index (χ2n) is 8.31. The van der Waals surface area contributed by atoms with Crippen LogP contribution in [0.4, 0.5) is 10.1 Å². The van der Waals surface area contributed by atoms with Crippen LogP contribution in [0.25, 0.3) is 0 Å². The highest BCUT2D eigenvalue weighted by Crippen LogP contribution is 2.36. The fourth-order valence-corrected chi connectivity index (χ4v) is 3.63. The van der Waals surface area contributed by atoms with Gasteiger partial charge in [-0.05, 0) is 53.3 Å². The zero-order valence-corrected chi connectivity index (χ0v) is 17.8. The summed E-state index contributed by atoms with van der Waals surface area (Å²) in [5, 5.41) is 3.44. The molecule has 1 saturated carbocycles. The summed E-state index contributed by atoms with van der Waals surface area (Å²) in [5.74, 6) is 0.197. The number of rotatable bonds is 6. The summed E-state index contributed by atoms with van der Waals surface area (Å²) in [6.45, 7) is 14.1. The van der Waals surface area contributed by atoms with Crippen LogP contribution in [0, 0.1) is 5.95 Å². The van der Waals surface area contributed by atoms with Crippen molar-refractivity contribution in [1.82, 2.24) is 15.2 Å². The van der Waals surface area contributed by atoms with E-state index in [0.29, 0.717) is 37.6 Å². The van der Waals surface area contributed by atoms with Crippen molar-refractivity contribution in [2.45, 2.75) is 46.1 Å². The molecule has 1 saturated heterocycles.